The molecule has 5 nitrogen and oxygen atoms in total. The lowest BCUT2D eigenvalue weighted by Crippen LogP contribution is -2.37. The highest BCUT2D eigenvalue weighted by atomic mass is 16.5. The number of methoxy groups -OCH3 is 1. The molecule has 0 aromatic carbocycles. The Morgan fingerprint density at radius 1 is 1.26 bits per heavy atom. The zero-order valence-corrected chi connectivity index (χ0v) is 11.8. The van der Waals surface area contributed by atoms with Crippen molar-refractivity contribution < 1.29 is 9.26 Å². The standard InChI is InChI=1S/C14H23N3O2/c1-15-11-7-4-3-6-10(11)12-16-13(17-19-12)14(18-2)8-5-9-14/h10-11,15H,3-9H2,1-2H3. The third kappa shape index (κ3) is 2.19. The third-order valence-electron chi connectivity index (χ3n) is 4.86. The first kappa shape index (κ1) is 13.1. The molecule has 2 aliphatic carbocycles. The molecule has 1 aromatic heterocycles. The number of likely N-dealkylation sites (N-methyl/N-ethyl adjacent to an activating group) is 1. The Bertz CT molecular complexity index is 423. The molecule has 0 spiro atoms. The fourth-order valence-corrected chi connectivity index (χ4v) is 3.36. The van der Waals surface area contributed by atoms with E-state index < -0.39 is 0 Å². The Morgan fingerprint density at radius 2 is 2.05 bits per heavy atom. The van der Waals surface area contributed by atoms with E-state index in [2.05, 4.69) is 15.5 Å². The van der Waals surface area contributed by atoms with Gasteiger partial charge in [0.25, 0.3) is 0 Å². The van der Waals surface area contributed by atoms with E-state index in [9.17, 15) is 0 Å². The molecule has 0 amide bonds. The molecule has 1 aromatic rings. The third-order valence-corrected chi connectivity index (χ3v) is 4.86. The monoisotopic (exact) mass is 265 g/mol. The zero-order valence-electron chi connectivity index (χ0n) is 11.8. The summed E-state index contributed by atoms with van der Waals surface area (Å²) in [6.07, 6.45) is 8.04. The van der Waals surface area contributed by atoms with E-state index in [4.69, 9.17) is 9.26 Å². The molecule has 2 unspecified atom stereocenters. The van der Waals surface area contributed by atoms with Crippen LogP contribution in [0.2, 0.25) is 0 Å². The van der Waals surface area contributed by atoms with Gasteiger partial charge in [0.15, 0.2) is 0 Å². The summed E-state index contributed by atoms with van der Waals surface area (Å²) in [7, 11) is 3.76. The number of hydrogen-bond acceptors (Lipinski definition) is 5. The van der Waals surface area contributed by atoms with Crippen LogP contribution in [0.3, 0.4) is 0 Å². The quantitative estimate of drug-likeness (QED) is 0.905. The van der Waals surface area contributed by atoms with Gasteiger partial charge in [0.1, 0.15) is 5.60 Å². The summed E-state index contributed by atoms with van der Waals surface area (Å²) in [5.41, 5.74) is -0.272. The van der Waals surface area contributed by atoms with Crippen LogP contribution in [0.25, 0.3) is 0 Å². The van der Waals surface area contributed by atoms with Gasteiger partial charge in [-0.1, -0.05) is 18.0 Å². The van der Waals surface area contributed by atoms with Gasteiger partial charge in [-0.05, 0) is 39.2 Å². The second-order valence-corrected chi connectivity index (χ2v) is 5.79. The van der Waals surface area contributed by atoms with E-state index >= 15 is 0 Å². The maximum absolute atomic E-state index is 5.61. The van der Waals surface area contributed by atoms with Gasteiger partial charge in [0.05, 0.1) is 5.92 Å². The molecule has 0 aliphatic heterocycles. The lowest BCUT2D eigenvalue weighted by atomic mass is 9.79. The topological polar surface area (TPSA) is 60.2 Å². The van der Waals surface area contributed by atoms with Crippen LogP contribution < -0.4 is 5.32 Å². The average Bonchev–Trinajstić information content (AvgIpc) is 2.88. The molecule has 5 heteroatoms. The van der Waals surface area contributed by atoms with Crippen LogP contribution in [0.15, 0.2) is 4.52 Å². The predicted molar refractivity (Wildman–Crippen MR) is 70.9 cm³/mol. The van der Waals surface area contributed by atoms with Gasteiger partial charge in [-0.25, -0.2) is 0 Å². The van der Waals surface area contributed by atoms with Crippen LogP contribution in [0.5, 0.6) is 0 Å². The smallest absolute Gasteiger partial charge is 0.231 e. The zero-order chi connectivity index (χ0) is 13.3. The van der Waals surface area contributed by atoms with E-state index in [1.807, 2.05) is 7.05 Å². The second kappa shape index (κ2) is 5.21. The first-order chi connectivity index (χ1) is 9.29. The van der Waals surface area contributed by atoms with Crippen molar-refractivity contribution in [2.75, 3.05) is 14.2 Å². The first-order valence-electron chi connectivity index (χ1n) is 7.35. The van der Waals surface area contributed by atoms with Gasteiger partial charge in [-0.3, -0.25) is 0 Å². The lowest BCUT2D eigenvalue weighted by Gasteiger charge is -2.37. The summed E-state index contributed by atoms with van der Waals surface area (Å²) in [6.45, 7) is 0. The summed E-state index contributed by atoms with van der Waals surface area (Å²) >= 11 is 0. The number of aromatic nitrogens is 2. The molecule has 0 bridgehead atoms. The highest BCUT2D eigenvalue weighted by molar-refractivity contribution is 5.09. The van der Waals surface area contributed by atoms with Crippen molar-refractivity contribution >= 4 is 0 Å². The van der Waals surface area contributed by atoms with Crippen LogP contribution in [-0.4, -0.2) is 30.3 Å². The van der Waals surface area contributed by atoms with Crippen LogP contribution in [0.4, 0.5) is 0 Å². The Morgan fingerprint density at radius 3 is 2.68 bits per heavy atom. The second-order valence-electron chi connectivity index (χ2n) is 5.79. The van der Waals surface area contributed by atoms with E-state index in [1.54, 1.807) is 7.11 Å². The molecule has 2 saturated carbocycles. The highest BCUT2D eigenvalue weighted by Gasteiger charge is 2.44. The van der Waals surface area contributed by atoms with E-state index in [1.165, 1.54) is 25.7 Å². The largest absolute Gasteiger partial charge is 0.370 e. The van der Waals surface area contributed by atoms with Gasteiger partial charge in [0.2, 0.25) is 11.7 Å². The number of rotatable bonds is 4. The van der Waals surface area contributed by atoms with Gasteiger partial charge < -0.3 is 14.6 Å². The van der Waals surface area contributed by atoms with E-state index in [-0.39, 0.29) is 5.60 Å². The van der Waals surface area contributed by atoms with Crippen molar-refractivity contribution in [1.82, 2.24) is 15.5 Å². The Kier molecular flexibility index (Phi) is 3.58. The van der Waals surface area contributed by atoms with Gasteiger partial charge in [0, 0.05) is 13.2 Å². The Balaban J connectivity index is 1.80. The molecule has 0 radical (unpaired) electrons. The molecular formula is C14H23N3O2. The normalized spacial score (nSPS) is 30.0. The van der Waals surface area contributed by atoms with Crippen LogP contribution in [-0.2, 0) is 10.3 Å². The number of nitrogens with zero attached hydrogens (tertiary/aromatic N) is 2. The molecular weight excluding hydrogens is 242 g/mol. The van der Waals surface area contributed by atoms with Crippen LogP contribution in [0.1, 0.15) is 62.6 Å². The molecule has 1 N–H and O–H groups in total. The minimum atomic E-state index is -0.272. The van der Waals surface area contributed by atoms with E-state index in [0.29, 0.717) is 12.0 Å². The number of hydrogen-bond donors (Lipinski definition) is 1. The molecule has 106 valence electrons. The summed E-state index contributed by atoms with van der Waals surface area (Å²) in [4.78, 5) is 4.65. The highest BCUT2D eigenvalue weighted by Crippen LogP contribution is 2.43. The molecule has 3 rings (SSSR count). The molecule has 2 atom stereocenters. The minimum Gasteiger partial charge on any atom is -0.370 e. The van der Waals surface area contributed by atoms with Gasteiger partial charge in [-0.2, -0.15) is 4.98 Å². The molecule has 0 saturated heterocycles. The average molecular weight is 265 g/mol. The fraction of sp³-hybridized carbons (Fsp3) is 0.857. The maximum atomic E-state index is 5.61. The molecule has 19 heavy (non-hydrogen) atoms. The molecule has 2 fully saturated rings. The molecule has 1 heterocycles. The number of nitrogens with one attached hydrogen (secondary N) is 1. The summed E-state index contributed by atoms with van der Waals surface area (Å²) in [5, 5.41) is 7.57. The summed E-state index contributed by atoms with van der Waals surface area (Å²) in [5.74, 6) is 1.89. The number of ether oxygens (including phenoxy) is 1. The fourth-order valence-electron chi connectivity index (χ4n) is 3.36. The Hall–Kier alpha value is -0.940. The van der Waals surface area contributed by atoms with Gasteiger partial charge in [-0.15, -0.1) is 0 Å². The van der Waals surface area contributed by atoms with Crippen molar-refractivity contribution in [1.29, 1.82) is 0 Å². The van der Waals surface area contributed by atoms with Crippen LogP contribution >= 0.6 is 0 Å². The van der Waals surface area contributed by atoms with Crippen molar-refractivity contribution in [3.63, 3.8) is 0 Å². The van der Waals surface area contributed by atoms with Crippen molar-refractivity contribution in [3.05, 3.63) is 11.7 Å². The van der Waals surface area contributed by atoms with Crippen molar-refractivity contribution in [2.45, 2.75) is 62.5 Å². The van der Waals surface area contributed by atoms with Crippen molar-refractivity contribution in [3.8, 4) is 0 Å². The SMILES string of the molecule is CNC1CCCCC1c1nc(C2(OC)CCC2)no1. The van der Waals surface area contributed by atoms with Crippen molar-refractivity contribution in [2.24, 2.45) is 0 Å². The summed E-state index contributed by atoms with van der Waals surface area (Å²) in [6, 6.07) is 0.460. The minimum absolute atomic E-state index is 0.272. The summed E-state index contributed by atoms with van der Waals surface area (Å²) < 4.78 is 11.2. The van der Waals surface area contributed by atoms with Gasteiger partial charge >= 0.3 is 0 Å². The van der Waals surface area contributed by atoms with E-state index in [0.717, 1.165) is 31.0 Å². The van der Waals surface area contributed by atoms with Crippen LogP contribution in [0, 0.1) is 0 Å². The lowest BCUT2D eigenvalue weighted by molar-refractivity contribution is -0.0858. The maximum Gasteiger partial charge on any atom is 0.231 e. The Labute approximate surface area is 114 Å². The predicted octanol–water partition coefficient (Wildman–Crippen LogP) is 2.34. The molecule has 2 aliphatic rings. The first-order valence-corrected chi connectivity index (χ1v) is 7.35.